The third-order valence-corrected chi connectivity index (χ3v) is 9.83. The van der Waals surface area contributed by atoms with E-state index in [1.165, 1.54) is 18.6 Å². The van der Waals surface area contributed by atoms with Crippen molar-refractivity contribution in [1.82, 2.24) is 0 Å². The van der Waals surface area contributed by atoms with Crippen molar-refractivity contribution in [3.63, 3.8) is 0 Å². The van der Waals surface area contributed by atoms with Gasteiger partial charge in [0.2, 0.25) is 5.75 Å². The molecule has 0 amide bonds. The Labute approximate surface area is 278 Å². The molecule has 10 heteroatoms. The number of methoxy groups -OCH3 is 3. The first-order valence-corrected chi connectivity index (χ1v) is 16.8. The number of hydrogen-bond donors (Lipinski definition) is 1. The van der Waals surface area contributed by atoms with Gasteiger partial charge in [-0.05, 0) is 96.0 Å². The van der Waals surface area contributed by atoms with Crippen LogP contribution in [0.25, 0.3) is 22.3 Å². The highest BCUT2D eigenvalue weighted by atomic mass is 32.2. The summed E-state index contributed by atoms with van der Waals surface area (Å²) < 4.78 is 53.7. The number of rotatable bonds is 11. The van der Waals surface area contributed by atoms with Gasteiger partial charge < -0.3 is 28.5 Å². The van der Waals surface area contributed by atoms with Crippen molar-refractivity contribution in [3.05, 3.63) is 124 Å². The van der Waals surface area contributed by atoms with Gasteiger partial charge in [-0.1, -0.05) is 36.4 Å². The highest BCUT2D eigenvalue weighted by Gasteiger charge is 2.27. The maximum Gasteiger partial charge on any atom is 0.382 e. The Bertz CT molecular complexity index is 2170. The summed E-state index contributed by atoms with van der Waals surface area (Å²) in [7, 11) is 1.20. The number of benzene rings is 4. The lowest BCUT2D eigenvalue weighted by Crippen LogP contribution is -2.08. The first-order valence-electron chi connectivity index (χ1n) is 15.3. The Balaban J connectivity index is 1.43. The number of fused-ring (bicyclic) bond motifs is 3. The predicted octanol–water partition coefficient (Wildman–Crippen LogP) is 7.52. The summed E-state index contributed by atoms with van der Waals surface area (Å²) in [6.45, 7) is 0. The van der Waals surface area contributed by atoms with E-state index in [4.69, 9.17) is 23.4 Å². The molecular formula is C38H34O9S. The molecule has 0 saturated carbocycles. The molecule has 1 aliphatic rings. The molecule has 6 rings (SSSR count). The van der Waals surface area contributed by atoms with E-state index < -0.39 is 21.2 Å². The summed E-state index contributed by atoms with van der Waals surface area (Å²) in [6, 6.07) is 23.4. The van der Waals surface area contributed by atoms with Gasteiger partial charge in [-0.15, -0.1) is 0 Å². The number of aromatic hydroxyl groups is 1. The van der Waals surface area contributed by atoms with Crippen LogP contribution in [-0.2, 0) is 29.1 Å². The molecule has 5 aromatic rings. The highest BCUT2D eigenvalue weighted by Crippen LogP contribution is 2.50. The van der Waals surface area contributed by atoms with Crippen LogP contribution in [0.5, 0.6) is 34.5 Å². The first-order chi connectivity index (χ1) is 23.2. The predicted molar refractivity (Wildman–Crippen MR) is 182 cm³/mol. The van der Waals surface area contributed by atoms with Gasteiger partial charge in [0.1, 0.15) is 11.5 Å². The number of aryl methyl sites for hydroxylation is 3. The average Bonchev–Trinajstić information content (AvgIpc) is 3.11. The Morgan fingerprint density at radius 3 is 2.31 bits per heavy atom. The van der Waals surface area contributed by atoms with Crippen molar-refractivity contribution in [2.75, 3.05) is 21.3 Å². The fourth-order valence-corrected chi connectivity index (χ4v) is 7.04. The lowest BCUT2D eigenvalue weighted by molar-refractivity contribution is 0.350. The van der Waals surface area contributed by atoms with Gasteiger partial charge in [0.25, 0.3) is 0 Å². The van der Waals surface area contributed by atoms with Gasteiger partial charge in [-0.3, -0.25) is 0 Å². The molecule has 0 bridgehead atoms. The molecule has 0 atom stereocenters. The summed E-state index contributed by atoms with van der Waals surface area (Å²) in [5, 5.41) is 11.7. The summed E-state index contributed by atoms with van der Waals surface area (Å²) in [6.07, 6.45) is 5.30. The molecular weight excluding hydrogens is 632 g/mol. The van der Waals surface area contributed by atoms with Gasteiger partial charge in [-0.25, -0.2) is 13.2 Å². The second-order valence-corrected chi connectivity index (χ2v) is 13.0. The molecule has 0 spiro atoms. The molecule has 9 nitrogen and oxygen atoms in total. The van der Waals surface area contributed by atoms with E-state index in [-0.39, 0.29) is 10.6 Å². The molecule has 1 N–H and O–H groups in total. The lowest BCUT2D eigenvalue weighted by Gasteiger charge is -2.26. The Hall–Kier alpha value is -5.48. The molecule has 1 aromatic heterocycles. The summed E-state index contributed by atoms with van der Waals surface area (Å²) >= 11 is 0. The molecule has 0 fully saturated rings. The van der Waals surface area contributed by atoms with E-state index in [9.17, 15) is 18.3 Å². The number of allylic oxidation sites excluding steroid dienone is 1. The van der Waals surface area contributed by atoms with E-state index in [1.807, 2.05) is 30.3 Å². The van der Waals surface area contributed by atoms with Crippen molar-refractivity contribution in [2.24, 2.45) is 0 Å². The van der Waals surface area contributed by atoms with Crippen LogP contribution >= 0.6 is 0 Å². The molecule has 0 saturated heterocycles. The van der Waals surface area contributed by atoms with E-state index in [2.05, 4.69) is 6.07 Å². The maximum atomic E-state index is 12.8. The fraction of sp³-hybridized carbons (Fsp3) is 0.184. The maximum absolute atomic E-state index is 12.8. The fourth-order valence-electron chi connectivity index (χ4n) is 5.95. The zero-order chi connectivity index (χ0) is 33.8. The van der Waals surface area contributed by atoms with E-state index >= 15 is 0 Å². The van der Waals surface area contributed by atoms with Crippen LogP contribution < -0.4 is 24.6 Å². The van der Waals surface area contributed by atoms with Crippen LogP contribution in [0.3, 0.4) is 0 Å². The molecule has 1 aliphatic carbocycles. The van der Waals surface area contributed by atoms with Crippen LogP contribution in [0.4, 0.5) is 0 Å². The lowest BCUT2D eigenvalue weighted by atomic mass is 9.82. The van der Waals surface area contributed by atoms with Crippen molar-refractivity contribution in [2.45, 2.75) is 30.6 Å². The second-order valence-electron chi connectivity index (χ2n) is 11.2. The summed E-state index contributed by atoms with van der Waals surface area (Å²) in [4.78, 5) is 12.3. The van der Waals surface area contributed by atoms with Gasteiger partial charge in [-0.2, -0.15) is 0 Å². The highest BCUT2D eigenvalue weighted by molar-refractivity contribution is 7.94. The van der Waals surface area contributed by atoms with Gasteiger partial charge >= 0.3 is 5.63 Å². The Morgan fingerprint density at radius 2 is 1.56 bits per heavy atom. The normalized spacial score (nSPS) is 12.3. The average molecular weight is 667 g/mol. The van der Waals surface area contributed by atoms with Gasteiger partial charge in [0.15, 0.2) is 27.1 Å². The third-order valence-electron chi connectivity index (χ3n) is 8.35. The van der Waals surface area contributed by atoms with Crippen molar-refractivity contribution >= 4 is 9.84 Å². The molecule has 0 unspecified atom stereocenters. The van der Waals surface area contributed by atoms with Gasteiger partial charge in [0.05, 0.1) is 32.5 Å². The smallest absolute Gasteiger partial charge is 0.382 e. The molecule has 0 radical (unpaired) electrons. The number of hydrogen-bond acceptors (Lipinski definition) is 9. The molecule has 0 aliphatic heterocycles. The summed E-state index contributed by atoms with van der Waals surface area (Å²) in [5.41, 5.74) is 5.44. The second kappa shape index (κ2) is 13.7. The van der Waals surface area contributed by atoms with Crippen molar-refractivity contribution in [1.29, 1.82) is 0 Å². The van der Waals surface area contributed by atoms with Crippen LogP contribution in [0.1, 0.15) is 23.1 Å². The molecule has 48 heavy (non-hydrogen) atoms. The zero-order valence-electron chi connectivity index (χ0n) is 26.7. The Morgan fingerprint density at radius 1 is 0.792 bits per heavy atom. The number of sulfone groups is 1. The zero-order valence-corrected chi connectivity index (χ0v) is 27.5. The minimum absolute atomic E-state index is 0.0569. The minimum Gasteiger partial charge on any atom is -0.499 e. The van der Waals surface area contributed by atoms with E-state index in [0.717, 1.165) is 58.0 Å². The van der Waals surface area contributed by atoms with Crippen LogP contribution in [0.15, 0.2) is 111 Å². The van der Waals surface area contributed by atoms with Gasteiger partial charge in [0, 0.05) is 22.6 Å². The topological polar surface area (TPSA) is 122 Å². The Kier molecular flexibility index (Phi) is 9.27. The first kappa shape index (κ1) is 32.5. The standard InChI is InChI=1S/C38H34O9S/c1-43-27-15-16-29(25(21-27)9-7-8-20-48(41,42)28-10-5-4-6-11-28)31-23-30-26(22-34(31)45-3)13-12-24-14-17-33(44-2)37(35(24)30)47-32-18-19-46-38(40)36(32)39/h4-6,8,10-11,14-23,39H,7,9,12-13H2,1-3H3/b20-8+. The third kappa shape index (κ3) is 6.39. The molecule has 4 aromatic carbocycles. The van der Waals surface area contributed by atoms with Crippen LogP contribution in [-0.4, -0.2) is 34.9 Å². The summed E-state index contributed by atoms with van der Waals surface area (Å²) in [5.74, 6) is 1.43. The van der Waals surface area contributed by atoms with E-state index in [1.54, 1.807) is 56.7 Å². The quantitative estimate of drug-likeness (QED) is 0.153. The van der Waals surface area contributed by atoms with E-state index in [0.29, 0.717) is 35.8 Å². The largest absolute Gasteiger partial charge is 0.499 e. The molecule has 246 valence electrons. The van der Waals surface area contributed by atoms with Crippen molar-refractivity contribution in [3.8, 4) is 56.8 Å². The minimum atomic E-state index is -3.56. The van der Waals surface area contributed by atoms with Crippen molar-refractivity contribution < 1.29 is 36.9 Å². The number of ether oxygens (including phenoxy) is 4. The molecule has 1 heterocycles. The van der Waals surface area contributed by atoms with Crippen LogP contribution in [0, 0.1) is 0 Å². The van der Waals surface area contributed by atoms with Crippen LogP contribution in [0.2, 0.25) is 0 Å². The monoisotopic (exact) mass is 666 g/mol. The SMILES string of the molecule is COc1ccc(-c2cc3c(cc2OC)CCc2ccc(OC)c(Oc4ccoc(=O)c4O)c2-3)c(CC/C=C/S(=O)(=O)c2ccccc2)c1.